The summed E-state index contributed by atoms with van der Waals surface area (Å²) in [5, 5.41) is 0. The predicted molar refractivity (Wildman–Crippen MR) is 68.0 cm³/mol. The van der Waals surface area contributed by atoms with Crippen LogP contribution in [0.4, 0.5) is 5.69 Å². The quantitative estimate of drug-likeness (QED) is 0.824. The van der Waals surface area contributed by atoms with E-state index < -0.39 is 11.0 Å². The van der Waals surface area contributed by atoms with Gasteiger partial charge in [0.05, 0.1) is 4.75 Å². The summed E-state index contributed by atoms with van der Waals surface area (Å²) in [5.74, 6) is 0.0310. The molecule has 0 aromatic heterocycles. The van der Waals surface area contributed by atoms with Crippen LogP contribution >= 0.6 is 0 Å². The van der Waals surface area contributed by atoms with Crippen molar-refractivity contribution in [1.29, 1.82) is 0 Å². The smallest absolute Gasteiger partial charge is 0.159 e. The first-order valence-corrected chi connectivity index (χ1v) is 6.25. The summed E-state index contributed by atoms with van der Waals surface area (Å²) in [6.07, 6.45) is 0. The molecule has 1 aromatic rings. The molecule has 1 N–H and O–H groups in total. The summed E-state index contributed by atoms with van der Waals surface area (Å²) >= 11 is 0. The van der Waals surface area contributed by atoms with Crippen molar-refractivity contribution >= 4 is 22.5 Å². The van der Waals surface area contributed by atoms with Gasteiger partial charge < -0.3 is 4.72 Å². The van der Waals surface area contributed by atoms with E-state index >= 15 is 0 Å². The fourth-order valence-corrected chi connectivity index (χ4v) is 1.69. The Morgan fingerprint density at radius 1 is 1.19 bits per heavy atom. The monoisotopic (exact) mass is 239 g/mol. The zero-order valence-corrected chi connectivity index (χ0v) is 10.9. The highest BCUT2D eigenvalue weighted by atomic mass is 32.2. The number of carbonyl (C=O) groups excluding carboxylic acids is 1. The third-order valence-electron chi connectivity index (χ3n) is 2.06. The Labute approximate surface area is 98.8 Å². The Hall–Kier alpha value is -1.16. The average Bonchev–Trinajstić information content (AvgIpc) is 2.17. The number of Topliss-reactive ketones (excluding diaryl/α,β-unsaturated/α-hetero) is 1. The molecule has 16 heavy (non-hydrogen) atoms. The van der Waals surface area contributed by atoms with Crippen molar-refractivity contribution in [2.24, 2.45) is 0 Å². The van der Waals surface area contributed by atoms with E-state index in [1.54, 1.807) is 24.3 Å². The highest BCUT2D eigenvalue weighted by Gasteiger charge is 2.19. The lowest BCUT2D eigenvalue weighted by Gasteiger charge is -2.18. The van der Waals surface area contributed by atoms with E-state index in [0.29, 0.717) is 5.56 Å². The van der Waals surface area contributed by atoms with Crippen LogP contribution < -0.4 is 4.72 Å². The minimum atomic E-state index is -1.14. The Bertz CT molecular complexity index is 404. The SMILES string of the molecule is CC(=O)c1ccc(N[S@](=O)C(C)(C)C)cc1. The Kier molecular flexibility index (Phi) is 3.86. The molecule has 0 saturated heterocycles. The summed E-state index contributed by atoms with van der Waals surface area (Å²) < 4.78 is 14.4. The molecule has 0 unspecified atom stereocenters. The maximum atomic E-state index is 11.8. The summed E-state index contributed by atoms with van der Waals surface area (Å²) in [5.41, 5.74) is 1.42. The second-order valence-electron chi connectivity index (χ2n) is 4.62. The van der Waals surface area contributed by atoms with Crippen LogP contribution in [0.15, 0.2) is 24.3 Å². The van der Waals surface area contributed by atoms with Crippen LogP contribution in [0.3, 0.4) is 0 Å². The van der Waals surface area contributed by atoms with Gasteiger partial charge in [-0.1, -0.05) is 0 Å². The molecular formula is C12H17NO2S. The summed E-state index contributed by atoms with van der Waals surface area (Å²) in [6.45, 7) is 7.23. The molecule has 0 heterocycles. The van der Waals surface area contributed by atoms with Gasteiger partial charge in [0.25, 0.3) is 0 Å². The van der Waals surface area contributed by atoms with E-state index in [2.05, 4.69) is 4.72 Å². The van der Waals surface area contributed by atoms with E-state index in [1.165, 1.54) is 6.92 Å². The molecule has 1 atom stereocenters. The van der Waals surface area contributed by atoms with Crippen molar-refractivity contribution in [3.05, 3.63) is 29.8 Å². The van der Waals surface area contributed by atoms with Gasteiger partial charge in [-0.05, 0) is 52.0 Å². The first kappa shape index (κ1) is 12.9. The highest BCUT2D eigenvalue weighted by Crippen LogP contribution is 2.16. The lowest BCUT2D eigenvalue weighted by molar-refractivity contribution is 0.101. The van der Waals surface area contributed by atoms with Gasteiger partial charge >= 0.3 is 0 Å². The molecule has 0 fully saturated rings. The van der Waals surface area contributed by atoms with Gasteiger partial charge in [-0.2, -0.15) is 0 Å². The molecule has 0 aliphatic rings. The van der Waals surface area contributed by atoms with Crippen LogP contribution in [-0.4, -0.2) is 14.7 Å². The molecule has 0 aliphatic heterocycles. The largest absolute Gasteiger partial charge is 0.305 e. The van der Waals surface area contributed by atoms with Gasteiger partial charge in [0.15, 0.2) is 5.78 Å². The number of nitrogens with one attached hydrogen (secondary N) is 1. The van der Waals surface area contributed by atoms with E-state index in [1.807, 2.05) is 20.8 Å². The minimum absolute atomic E-state index is 0.0310. The molecule has 1 rings (SSSR count). The van der Waals surface area contributed by atoms with Crippen LogP contribution in [0.2, 0.25) is 0 Å². The number of hydrogen-bond donors (Lipinski definition) is 1. The number of benzene rings is 1. The Balaban J connectivity index is 2.77. The molecular weight excluding hydrogens is 222 g/mol. The second-order valence-corrected chi connectivity index (χ2v) is 6.58. The van der Waals surface area contributed by atoms with Gasteiger partial charge in [0.1, 0.15) is 11.0 Å². The van der Waals surface area contributed by atoms with Crippen molar-refractivity contribution in [2.75, 3.05) is 4.72 Å². The van der Waals surface area contributed by atoms with Gasteiger partial charge in [-0.15, -0.1) is 0 Å². The topological polar surface area (TPSA) is 46.2 Å². The van der Waals surface area contributed by atoms with Crippen LogP contribution in [0.5, 0.6) is 0 Å². The van der Waals surface area contributed by atoms with Crippen LogP contribution in [0.25, 0.3) is 0 Å². The lowest BCUT2D eigenvalue weighted by atomic mass is 10.1. The van der Waals surface area contributed by atoms with E-state index in [-0.39, 0.29) is 10.5 Å². The fourth-order valence-electron chi connectivity index (χ4n) is 1.03. The summed E-state index contributed by atoms with van der Waals surface area (Å²) in [4.78, 5) is 11.1. The molecule has 3 nitrogen and oxygen atoms in total. The fraction of sp³-hybridized carbons (Fsp3) is 0.417. The standard InChI is InChI=1S/C12H17NO2S/c1-9(14)10-5-7-11(8-6-10)13-16(15)12(2,3)4/h5-8,13H,1-4H3/t16-/m1/s1. The molecule has 0 aliphatic carbocycles. The van der Waals surface area contributed by atoms with E-state index in [9.17, 15) is 9.00 Å². The molecule has 0 amide bonds. The average molecular weight is 239 g/mol. The second kappa shape index (κ2) is 4.78. The van der Waals surface area contributed by atoms with E-state index in [4.69, 9.17) is 0 Å². The number of carbonyl (C=O) groups is 1. The first-order valence-electron chi connectivity index (χ1n) is 5.10. The van der Waals surface area contributed by atoms with Crippen molar-refractivity contribution in [3.8, 4) is 0 Å². The summed E-state index contributed by atoms with van der Waals surface area (Å²) in [6, 6.07) is 6.98. The van der Waals surface area contributed by atoms with Crippen molar-refractivity contribution in [2.45, 2.75) is 32.4 Å². The van der Waals surface area contributed by atoms with Gasteiger partial charge in [0.2, 0.25) is 0 Å². The number of rotatable bonds is 3. The molecule has 0 saturated carbocycles. The van der Waals surface area contributed by atoms with Crippen molar-refractivity contribution < 1.29 is 9.00 Å². The van der Waals surface area contributed by atoms with Gasteiger partial charge in [0, 0.05) is 11.3 Å². The molecule has 0 radical (unpaired) electrons. The molecule has 4 heteroatoms. The molecule has 0 bridgehead atoms. The van der Waals surface area contributed by atoms with Gasteiger partial charge in [-0.3, -0.25) is 4.79 Å². The van der Waals surface area contributed by atoms with Crippen molar-refractivity contribution in [1.82, 2.24) is 0 Å². The highest BCUT2D eigenvalue weighted by molar-refractivity contribution is 7.87. The zero-order chi connectivity index (χ0) is 12.3. The van der Waals surface area contributed by atoms with Crippen LogP contribution in [0, 0.1) is 0 Å². The number of anilines is 1. The lowest BCUT2D eigenvalue weighted by Crippen LogP contribution is -2.27. The van der Waals surface area contributed by atoms with Crippen molar-refractivity contribution in [3.63, 3.8) is 0 Å². The Morgan fingerprint density at radius 2 is 1.69 bits per heavy atom. The summed E-state index contributed by atoms with van der Waals surface area (Å²) in [7, 11) is -1.14. The molecule has 0 spiro atoms. The number of hydrogen-bond acceptors (Lipinski definition) is 2. The predicted octanol–water partition coefficient (Wildman–Crippen LogP) is 2.76. The Morgan fingerprint density at radius 3 is 2.06 bits per heavy atom. The van der Waals surface area contributed by atoms with E-state index in [0.717, 1.165) is 5.69 Å². The van der Waals surface area contributed by atoms with Crippen LogP contribution in [0.1, 0.15) is 38.1 Å². The molecule has 1 aromatic carbocycles. The van der Waals surface area contributed by atoms with Crippen LogP contribution in [-0.2, 0) is 11.0 Å². The normalized spacial score (nSPS) is 13.2. The minimum Gasteiger partial charge on any atom is -0.305 e. The zero-order valence-electron chi connectivity index (χ0n) is 10.0. The third-order valence-corrected chi connectivity index (χ3v) is 3.59. The molecule has 88 valence electrons. The third kappa shape index (κ3) is 3.45. The maximum Gasteiger partial charge on any atom is 0.159 e. The first-order chi connectivity index (χ1) is 7.30. The van der Waals surface area contributed by atoms with Gasteiger partial charge in [-0.25, -0.2) is 4.21 Å². The number of ketones is 1. The maximum absolute atomic E-state index is 11.8.